The summed E-state index contributed by atoms with van der Waals surface area (Å²) in [6.45, 7) is 9.45. The first-order chi connectivity index (χ1) is 21.4. The lowest BCUT2D eigenvalue weighted by Gasteiger charge is -2.27. The number of fused-ring (bicyclic) bond motifs is 3. The van der Waals surface area contributed by atoms with E-state index in [1.807, 2.05) is 50.4 Å². The summed E-state index contributed by atoms with van der Waals surface area (Å²) in [5.41, 5.74) is 11.1. The number of H-pyrrole nitrogens is 1. The second kappa shape index (κ2) is 10.1. The van der Waals surface area contributed by atoms with Gasteiger partial charge >= 0.3 is 0 Å². The zero-order valence-corrected chi connectivity index (χ0v) is 25.3. The third-order valence-corrected chi connectivity index (χ3v) is 9.67. The van der Waals surface area contributed by atoms with Crippen LogP contribution in [-0.2, 0) is 10.2 Å². The minimum atomic E-state index is 0.207. The maximum Gasteiger partial charge on any atom is 0.157 e. The number of pyridine rings is 3. The highest BCUT2D eigenvalue weighted by atomic mass is 16.5. The zero-order chi connectivity index (χ0) is 30.0. The molecule has 2 aliphatic rings. The number of imidazole rings is 1. The summed E-state index contributed by atoms with van der Waals surface area (Å²) in [6, 6.07) is 23.1. The minimum absolute atomic E-state index is 0.207. The van der Waals surface area contributed by atoms with Crippen LogP contribution in [0.25, 0.3) is 33.5 Å². The maximum absolute atomic E-state index is 6.00. The van der Waals surface area contributed by atoms with Gasteiger partial charge in [-0.15, -0.1) is 0 Å². The molecule has 4 atom stereocenters. The van der Waals surface area contributed by atoms with Gasteiger partial charge in [0.05, 0.1) is 34.5 Å². The van der Waals surface area contributed by atoms with E-state index < -0.39 is 0 Å². The lowest BCUT2D eigenvalue weighted by atomic mass is 9.85. The Hall–Kier alpha value is -4.82. The Bertz CT molecular complexity index is 2040. The average molecular weight is 582 g/mol. The predicted molar refractivity (Wildman–Crippen MR) is 176 cm³/mol. The highest BCUT2D eigenvalue weighted by Gasteiger charge is 2.66. The van der Waals surface area contributed by atoms with Crippen molar-refractivity contribution in [3.63, 3.8) is 0 Å². The summed E-state index contributed by atoms with van der Waals surface area (Å²) >= 11 is 0. The summed E-state index contributed by atoms with van der Waals surface area (Å²) in [5.74, 6) is 1.93. The highest BCUT2D eigenvalue weighted by Crippen LogP contribution is 2.66. The van der Waals surface area contributed by atoms with E-state index in [0.717, 1.165) is 80.6 Å². The molecule has 4 unspecified atom stereocenters. The topological polar surface area (TPSA) is 101 Å². The summed E-state index contributed by atoms with van der Waals surface area (Å²) in [7, 11) is 0. The number of rotatable bonds is 6. The Morgan fingerprint density at radius 2 is 1.66 bits per heavy atom. The molecule has 0 spiro atoms. The fourth-order valence-electron chi connectivity index (χ4n) is 7.52. The van der Waals surface area contributed by atoms with Gasteiger partial charge in [0.15, 0.2) is 5.82 Å². The Morgan fingerprint density at radius 3 is 2.50 bits per heavy atom. The number of hydrogen-bond acceptors (Lipinski definition) is 7. The molecule has 1 saturated carbocycles. The third kappa shape index (κ3) is 4.48. The van der Waals surface area contributed by atoms with Crippen LogP contribution in [0.3, 0.4) is 0 Å². The molecule has 4 aromatic heterocycles. The molecule has 1 aliphatic carbocycles. The highest BCUT2D eigenvalue weighted by molar-refractivity contribution is 5.94. The molecule has 8 nitrogen and oxygen atoms in total. The van der Waals surface area contributed by atoms with Crippen LogP contribution in [0.5, 0.6) is 0 Å². The van der Waals surface area contributed by atoms with E-state index >= 15 is 0 Å². The van der Waals surface area contributed by atoms with Gasteiger partial charge in [-0.05, 0) is 105 Å². The number of benzene rings is 2. The smallest absolute Gasteiger partial charge is 0.157 e. The van der Waals surface area contributed by atoms with Crippen molar-refractivity contribution in [2.24, 2.45) is 11.8 Å². The van der Waals surface area contributed by atoms with E-state index in [1.165, 1.54) is 5.56 Å². The van der Waals surface area contributed by atoms with E-state index in [4.69, 9.17) is 19.7 Å². The SMILES string of the molecule is Cc1cc(Nc2ccc3nc(-c4ccc(Nc5cc(C)nc6ccc(C78CCOC(C)C7C8C)cc56)cn4)[nH]c3c2)ccn1. The molecule has 3 N–H and O–H groups in total. The van der Waals surface area contributed by atoms with Crippen LogP contribution in [0.1, 0.15) is 37.2 Å². The second-order valence-corrected chi connectivity index (χ2v) is 12.4. The number of aryl methyl sites for hydroxylation is 2. The van der Waals surface area contributed by atoms with Crippen molar-refractivity contribution >= 4 is 44.7 Å². The van der Waals surface area contributed by atoms with Gasteiger partial charge in [0, 0.05) is 52.1 Å². The third-order valence-electron chi connectivity index (χ3n) is 9.67. The molecule has 1 aliphatic heterocycles. The van der Waals surface area contributed by atoms with Crippen LogP contribution in [0, 0.1) is 25.7 Å². The Kier molecular flexibility index (Phi) is 6.17. The molecular weight excluding hydrogens is 546 g/mol. The van der Waals surface area contributed by atoms with Gasteiger partial charge in [-0.25, -0.2) is 4.98 Å². The lowest BCUT2D eigenvalue weighted by molar-refractivity contribution is 0.0121. The van der Waals surface area contributed by atoms with Crippen LogP contribution >= 0.6 is 0 Å². The molecule has 2 aromatic carbocycles. The van der Waals surface area contributed by atoms with Gasteiger partial charge < -0.3 is 20.4 Å². The van der Waals surface area contributed by atoms with Crippen LogP contribution in [-0.4, -0.2) is 37.6 Å². The van der Waals surface area contributed by atoms with Crippen molar-refractivity contribution in [2.45, 2.75) is 45.6 Å². The van der Waals surface area contributed by atoms with Gasteiger partial charge in [0.2, 0.25) is 0 Å². The molecule has 2 fully saturated rings. The van der Waals surface area contributed by atoms with E-state index in [2.05, 4.69) is 70.8 Å². The number of aromatic amines is 1. The van der Waals surface area contributed by atoms with Gasteiger partial charge in [-0.1, -0.05) is 13.0 Å². The monoisotopic (exact) mass is 581 g/mol. The molecule has 0 amide bonds. The fraction of sp³-hybridized carbons (Fsp3) is 0.278. The lowest BCUT2D eigenvalue weighted by Crippen LogP contribution is -2.27. The van der Waals surface area contributed by atoms with E-state index in [0.29, 0.717) is 17.9 Å². The van der Waals surface area contributed by atoms with Crippen molar-refractivity contribution in [3.05, 3.63) is 96.1 Å². The van der Waals surface area contributed by atoms with Crippen LogP contribution < -0.4 is 10.6 Å². The molecule has 1 saturated heterocycles. The largest absolute Gasteiger partial charge is 0.378 e. The molecule has 220 valence electrons. The number of ether oxygens (including phenoxy) is 1. The molecule has 8 rings (SSSR count). The van der Waals surface area contributed by atoms with Crippen LogP contribution in [0.2, 0.25) is 0 Å². The maximum atomic E-state index is 6.00. The van der Waals surface area contributed by atoms with Gasteiger partial charge in [0.25, 0.3) is 0 Å². The number of anilines is 4. The van der Waals surface area contributed by atoms with Crippen molar-refractivity contribution in [1.29, 1.82) is 0 Å². The first-order valence-electron chi connectivity index (χ1n) is 15.3. The average Bonchev–Trinajstić information content (AvgIpc) is 3.42. The Morgan fingerprint density at radius 1 is 0.818 bits per heavy atom. The summed E-state index contributed by atoms with van der Waals surface area (Å²) in [4.78, 5) is 22.1. The van der Waals surface area contributed by atoms with Crippen LogP contribution in [0.4, 0.5) is 22.7 Å². The van der Waals surface area contributed by atoms with Crippen molar-refractivity contribution < 1.29 is 4.74 Å². The normalized spacial score (nSPS) is 22.6. The summed E-state index contributed by atoms with van der Waals surface area (Å²) < 4.78 is 6.00. The molecule has 44 heavy (non-hydrogen) atoms. The number of aromatic nitrogens is 5. The quantitative estimate of drug-likeness (QED) is 0.183. The Labute approximate surface area is 256 Å². The molecule has 5 heterocycles. The predicted octanol–water partition coefficient (Wildman–Crippen LogP) is 7.98. The summed E-state index contributed by atoms with van der Waals surface area (Å²) in [5, 5.41) is 8.21. The van der Waals surface area contributed by atoms with Crippen molar-refractivity contribution in [1.82, 2.24) is 24.9 Å². The van der Waals surface area contributed by atoms with Gasteiger partial charge in [-0.3, -0.25) is 15.0 Å². The summed E-state index contributed by atoms with van der Waals surface area (Å²) in [6.07, 6.45) is 5.05. The molecule has 0 bridgehead atoms. The van der Waals surface area contributed by atoms with E-state index in [1.54, 1.807) is 6.20 Å². The second-order valence-electron chi connectivity index (χ2n) is 12.4. The number of nitrogens with one attached hydrogen (secondary N) is 3. The molecule has 0 radical (unpaired) electrons. The first-order valence-corrected chi connectivity index (χ1v) is 15.3. The molecule has 8 heteroatoms. The minimum Gasteiger partial charge on any atom is -0.378 e. The number of nitrogens with zero attached hydrogens (tertiary/aromatic N) is 4. The zero-order valence-electron chi connectivity index (χ0n) is 25.3. The number of hydrogen-bond donors (Lipinski definition) is 3. The van der Waals surface area contributed by atoms with Gasteiger partial charge in [0.1, 0.15) is 5.69 Å². The first kappa shape index (κ1) is 26.8. The standard InChI is InChI=1S/C36H35N7O/c1-20-15-26(11-13-37-20)40-25-6-9-30-33(18-25)43-35(42-30)31-10-7-27(19-38-31)41-32-16-21(2)39-29-8-5-24(17-28(29)32)36-12-14-44-23(4)34(36)22(36)3/h5-11,13,15-19,22-23,34H,12,14H2,1-4H3,(H,37,40)(H,39,41)(H,42,43). The van der Waals surface area contributed by atoms with E-state index in [9.17, 15) is 0 Å². The Balaban J connectivity index is 1.05. The van der Waals surface area contributed by atoms with Crippen LogP contribution in [0.15, 0.2) is 79.1 Å². The van der Waals surface area contributed by atoms with E-state index in [-0.39, 0.29) is 5.41 Å². The molecule has 6 aromatic rings. The van der Waals surface area contributed by atoms with Crippen molar-refractivity contribution in [2.75, 3.05) is 17.2 Å². The fourth-order valence-corrected chi connectivity index (χ4v) is 7.52. The van der Waals surface area contributed by atoms with Gasteiger partial charge in [-0.2, -0.15) is 0 Å². The van der Waals surface area contributed by atoms with Crippen molar-refractivity contribution in [3.8, 4) is 11.5 Å². The molecular formula is C36H35N7O.